The Morgan fingerprint density at radius 2 is 2.24 bits per heavy atom. The van der Waals surface area contributed by atoms with E-state index in [-0.39, 0.29) is 22.5 Å². The highest BCUT2D eigenvalue weighted by Crippen LogP contribution is 2.21. The van der Waals surface area contributed by atoms with Crippen LogP contribution in [0.4, 0.5) is 5.82 Å². The van der Waals surface area contributed by atoms with Crippen molar-refractivity contribution >= 4 is 23.4 Å². The lowest BCUT2D eigenvalue weighted by molar-refractivity contribution is 0.0587. The van der Waals surface area contributed by atoms with Crippen LogP contribution in [0.2, 0.25) is 5.02 Å². The quantitative estimate of drug-likeness (QED) is 0.756. The number of hydrogen-bond acceptors (Lipinski definition) is 7. The molecule has 0 atom stereocenters. The third-order valence-corrected chi connectivity index (χ3v) is 2.24. The first-order chi connectivity index (χ1) is 8.13. The summed E-state index contributed by atoms with van der Waals surface area (Å²) in [6.07, 6.45) is 2.51. The summed E-state index contributed by atoms with van der Waals surface area (Å²) < 4.78 is 5.69. The molecule has 0 aromatic carbocycles. The zero-order chi connectivity index (χ0) is 12.4. The van der Waals surface area contributed by atoms with Crippen molar-refractivity contribution < 1.29 is 9.53 Å². The molecule has 88 valence electrons. The van der Waals surface area contributed by atoms with Gasteiger partial charge >= 0.3 is 5.97 Å². The lowest BCUT2D eigenvalue weighted by atomic mass is 10.5. The molecule has 2 aromatic heterocycles. The molecule has 0 aliphatic heterocycles. The lowest BCUT2D eigenvalue weighted by Gasteiger charge is -2.02. The Labute approximate surface area is 100 Å². The van der Waals surface area contributed by atoms with Gasteiger partial charge in [-0.2, -0.15) is 0 Å². The van der Waals surface area contributed by atoms with E-state index >= 15 is 0 Å². The number of rotatable bonds is 2. The fraction of sp³-hybridized carbons (Fsp3) is 0.125. The Morgan fingerprint density at radius 1 is 1.47 bits per heavy atom. The van der Waals surface area contributed by atoms with Gasteiger partial charge in [0.2, 0.25) is 0 Å². The number of esters is 1. The van der Waals surface area contributed by atoms with Crippen molar-refractivity contribution in [1.82, 2.24) is 24.7 Å². The smallest absolute Gasteiger partial charge is 0.377 e. The summed E-state index contributed by atoms with van der Waals surface area (Å²) in [5.41, 5.74) is 5.51. The Hall–Kier alpha value is -2.22. The van der Waals surface area contributed by atoms with Crippen molar-refractivity contribution in [3.05, 3.63) is 23.5 Å². The largest absolute Gasteiger partial charge is 0.463 e. The maximum absolute atomic E-state index is 11.2. The van der Waals surface area contributed by atoms with Gasteiger partial charge < -0.3 is 10.5 Å². The minimum Gasteiger partial charge on any atom is -0.463 e. The molecule has 0 saturated heterocycles. The molecule has 17 heavy (non-hydrogen) atoms. The van der Waals surface area contributed by atoms with Crippen LogP contribution in [0.1, 0.15) is 10.6 Å². The maximum atomic E-state index is 11.2. The van der Waals surface area contributed by atoms with Gasteiger partial charge in [0.05, 0.1) is 7.11 Å². The number of aromatic nitrogens is 5. The zero-order valence-electron chi connectivity index (χ0n) is 8.66. The molecule has 0 unspecified atom stereocenters. The number of carbonyl (C=O) groups is 1. The Kier molecular flexibility index (Phi) is 2.88. The Balaban J connectivity index is 2.44. The predicted octanol–water partition coefficient (Wildman–Crippen LogP) is 0.0795. The van der Waals surface area contributed by atoms with Gasteiger partial charge in [-0.15, -0.1) is 5.10 Å². The molecule has 2 heterocycles. The van der Waals surface area contributed by atoms with E-state index < -0.39 is 5.97 Å². The van der Waals surface area contributed by atoms with E-state index in [1.165, 1.54) is 24.4 Å². The monoisotopic (exact) mass is 254 g/mol. The Morgan fingerprint density at radius 3 is 2.94 bits per heavy atom. The average Bonchev–Trinajstić information content (AvgIpc) is 2.81. The van der Waals surface area contributed by atoms with Crippen LogP contribution in [-0.4, -0.2) is 37.8 Å². The van der Waals surface area contributed by atoms with Gasteiger partial charge in [-0.25, -0.2) is 24.4 Å². The molecule has 0 aliphatic carbocycles. The number of halogens is 1. The number of anilines is 1. The molecule has 0 amide bonds. The molecule has 2 rings (SSSR count). The predicted molar refractivity (Wildman–Crippen MR) is 57.7 cm³/mol. The van der Waals surface area contributed by atoms with Gasteiger partial charge in [0, 0.05) is 0 Å². The van der Waals surface area contributed by atoms with Crippen molar-refractivity contribution in [2.24, 2.45) is 0 Å². The van der Waals surface area contributed by atoms with Gasteiger partial charge in [-0.1, -0.05) is 11.6 Å². The molecular weight excluding hydrogens is 248 g/mol. The zero-order valence-corrected chi connectivity index (χ0v) is 9.42. The highest BCUT2D eigenvalue weighted by Gasteiger charge is 2.15. The molecule has 0 bridgehead atoms. The van der Waals surface area contributed by atoms with Crippen LogP contribution in [0, 0.1) is 0 Å². The maximum Gasteiger partial charge on any atom is 0.377 e. The van der Waals surface area contributed by atoms with Crippen LogP contribution in [0.3, 0.4) is 0 Å². The molecule has 0 fully saturated rings. The number of hydrogen-bond donors (Lipinski definition) is 1. The number of nitrogens with zero attached hydrogens (tertiary/aromatic N) is 5. The van der Waals surface area contributed by atoms with E-state index in [0.717, 1.165) is 0 Å². The van der Waals surface area contributed by atoms with Gasteiger partial charge in [-0.05, 0) is 0 Å². The van der Waals surface area contributed by atoms with E-state index in [1.807, 2.05) is 0 Å². The first-order valence-corrected chi connectivity index (χ1v) is 4.77. The highest BCUT2D eigenvalue weighted by molar-refractivity contribution is 6.34. The number of nitrogens with two attached hydrogens (primary N) is 1. The van der Waals surface area contributed by atoms with Crippen molar-refractivity contribution in [2.45, 2.75) is 0 Å². The normalized spacial score (nSPS) is 10.2. The van der Waals surface area contributed by atoms with E-state index in [0.29, 0.717) is 0 Å². The number of methoxy groups -OCH3 is 1. The van der Waals surface area contributed by atoms with Crippen LogP contribution >= 0.6 is 11.6 Å². The fourth-order valence-electron chi connectivity index (χ4n) is 1.08. The summed E-state index contributed by atoms with van der Waals surface area (Å²) in [6.45, 7) is 0. The molecule has 8 nitrogen and oxygen atoms in total. The average molecular weight is 255 g/mol. The number of carbonyl (C=O) groups excluding carboxylic acids is 1. The minimum absolute atomic E-state index is 0.0965. The second kappa shape index (κ2) is 4.34. The van der Waals surface area contributed by atoms with Crippen LogP contribution in [0.25, 0.3) is 5.82 Å². The fourth-order valence-corrected chi connectivity index (χ4v) is 1.27. The molecule has 0 spiro atoms. The molecule has 0 radical (unpaired) electrons. The van der Waals surface area contributed by atoms with Crippen LogP contribution in [0.15, 0.2) is 12.7 Å². The van der Waals surface area contributed by atoms with E-state index in [2.05, 4.69) is 24.8 Å². The topological polar surface area (TPSA) is 109 Å². The third-order valence-electron chi connectivity index (χ3n) is 1.87. The third kappa shape index (κ3) is 2.02. The van der Waals surface area contributed by atoms with Crippen molar-refractivity contribution in [1.29, 1.82) is 0 Å². The summed E-state index contributed by atoms with van der Waals surface area (Å²) in [4.78, 5) is 22.5. The van der Waals surface area contributed by atoms with Crippen LogP contribution < -0.4 is 5.73 Å². The molecule has 2 N–H and O–H groups in total. The first-order valence-electron chi connectivity index (χ1n) is 4.39. The van der Waals surface area contributed by atoms with Crippen molar-refractivity contribution in [2.75, 3.05) is 12.8 Å². The summed E-state index contributed by atoms with van der Waals surface area (Å²) >= 11 is 5.90. The van der Waals surface area contributed by atoms with E-state index in [4.69, 9.17) is 17.3 Å². The van der Waals surface area contributed by atoms with Gasteiger partial charge in [0.15, 0.2) is 5.82 Å². The summed E-state index contributed by atoms with van der Waals surface area (Å²) in [6, 6.07) is 0. The van der Waals surface area contributed by atoms with Crippen LogP contribution in [0.5, 0.6) is 0 Å². The summed E-state index contributed by atoms with van der Waals surface area (Å²) in [5, 5.41) is 3.99. The number of nitrogen functional groups attached to an aromatic ring is 1. The van der Waals surface area contributed by atoms with E-state index in [1.54, 1.807) is 0 Å². The van der Waals surface area contributed by atoms with Crippen molar-refractivity contribution in [3.8, 4) is 5.82 Å². The molecule has 0 saturated carbocycles. The van der Waals surface area contributed by atoms with Crippen molar-refractivity contribution in [3.63, 3.8) is 0 Å². The number of ether oxygens (including phenoxy) is 1. The summed E-state index contributed by atoms with van der Waals surface area (Å²) in [5.74, 6) is -0.392. The lowest BCUT2D eigenvalue weighted by Crippen LogP contribution is -2.07. The highest BCUT2D eigenvalue weighted by atomic mass is 35.5. The van der Waals surface area contributed by atoms with Gasteiger partial charge in [-0.3, -0.25) is 0 Å². The second-order valence-electron chi connectivity index (χ2n) is 2.90. The molecule has 0 aliphatic rings. The standard InChI is InChI=1S/C8H7ClN6O2/c1-17-8(16)6-13-3-15(14-6)7-4(9)5(10)11-2-12-7/h2-3H,1H3,(H2,10,11,12). The Bertz CT molecular complexity index is 569. The van der Waals surface area contributed by atoms with E-state index in [9.17, 15) is 4.79 Å². The molecule has 2 aromatic rings. The SMILES string of the molecule is COC(=O)c1ncn(-c2ncnc(N)c2Cl)n1. The van der Waals surface area contributed by atoms with Gasteiger partial charge in [0.1, 0.15) is 23.5 Å². The summed E-state index contributed by atoms with van der Waals surface area (Å²) in [7, 11) is 1.23. The van der Waals surface area contributed by atoms with Gasteiger partial charge in [0.25, 0.3) is 5.82 Å². The minimum atomic E-state index is -0.651. The molecule has 9 heteroatoms. The molecular formula is C8H7ClN6O2. The second-order valence-corrected chi connectivity index (χ2v) is 3.28. The first kappa shape index (κ1) is 11.3. The van der Waals surface area contributed by atoms with Crippen LogP contribution in [-0.2, 0) is 4.74 Å².